The van der Waals surface area contributed by atoms with Gasteiger partial charge in [0.2, 0.25) is 5.91 Å². The summed E-state index contributed by atoms with van der Waals surface area (Å²) < 4.78 is 4.90. The zero-order valence-corrected chi connectivity index (χ0v) is 10.1. The predicted molar refractivity (Wildman–Crippen MR) is 60.4 cm³/mol. The molecule has 2 fully saturated rings. The van der Waals surface area contributed by atoms with Crippen molar-refractivity contribution in [2.75, 3.05) is 26.8 Å². The Labute approximate surface area is 101 Å². The molecule has 1 amide bonds. The lowest BCUT2D eigenvalue weighted by Crippen LogP contribution is -2.39. The third kappa shape index (κ3) is 3.19. The topological polar surface area (TPSA) is 66.8 Å². The highest BCUT2D eigenvalue weighted by atomic mass is 16.5. The van der Waals surface area contributed by atoms with Gasteiger partial charge in [-0.15, -0.1) is 0 Å². The molecule has 1 N–H and O–H groups in total. The van der Waals surface area contributed by atoms with Crippen LogP contribution in [0.3, 0.4) is 0 Å². The number of methoxy groups -OCH3 is 1. The van der Waals surface area contributed by atoms with Crippen LogP contribution in [0.15, 0.2) is 0 Å². The van der Waals surface area contributed by atoms with E-state index in [1.807, 2.05) is 0 Å². The first-order valence-electron chi connectivity index (χ1n) is 6.13. The van der Waals surface area contributed by atoms with Crippen LogP contribution in [0.25, 0.3) is 0 Å². The maximum atomic E-state index is 12.1. The van der Waals surface area contributed by atoms with Gasteiger partial charge in [-0.25, -0.2) is 0 Å². The maximum absolute atomic E-state index is 12.1. The summed E-state index contributed by atoms with van der Waals surface area (Å²) in [5.41, 5.74) is 0. The van der Waals surface area contributed by atoms with Gasteiger partial charge in [-0.1, -0.05) is 0 Å². The molecule has 5 heteroatoms. The second-order valence-corrected chi connectivity index (χ2v) is 4.99. The lowest BCUT2D eigenvalue weighted by atomic mass is 10.2. The van der Waals surface area contributed by atoms with Crippen molar-refractivity contribution < 1.29 is 19.4 Å². The normalized spacial score (nSPS) is 26.6. The van der Waals surface area contributed by atoms with E-state index in [0.29, 0.717) is 19.1 Å². The summed E-state index contributed by atoms with van der Waals surface area (Å²) in [6.45, 7) is 0.547. The Bertz CT molecular complexity index is 314. The monoisotopic (exact) mass is 241 g/mol. The fraction of sp³-hybridized carbons (Fsp3) is 0.833. The van der Waals surface area contributed by atoms with E-state index in [4.69, 9.17) is 9.84 Å². The number of carbonyl (C=O) groups excluding carboxylic acids is 1. The second-order valence-electron chi connectivity index (χ2n) is 4.99. The van der Waals surface area contributed by atoms with Gasteiger partial charge in [0.1, 0.15) is 6.54 Å². The Morgan fingerprint density at radius 3 is 2.65 bits per heavy atom. The molecule has 0 bridgehead atoms. The molecule has 0 saturated heterocycles. The SMILES string of the molecule is COCCN(CC(=O)O)C(=O)[C@H]1C[C@H]1C1CC1. The van der Waals surface area contributed by atoms with Gasteiger partial charge in [0.15, 0.2) is 0 Å². The van der Waals surface area contributed by atoms with Crippen molar-refractivity contribution in [2.24, 2.45) is 17.8 Å². The summed E-state index contributed by atoms with van der Waals surface area (Å²) in [6, 6.07) is 0. The summed E-state index contributed by atoms with van der Waals surface area (Å²) in [5.74, 6) is 0.387. The number of carboxylic acid groups (broad SMARTS) is 1. The van der Waals surface area contributed by atoms with E-state index in [9.17, 15) is 9.59 Å². The van der Waals surface area contributed by atoms with E-state index in [0.717, 1.165) is 12.3 Å². The van der Waals surface area contributed by atoms with Crippen molar-refractivity contribution >= 4 is 11.9 Å². The van der Waals surface area contributed by atoms with Crippen LogP contribution < -0.4 is 0 Å². The van der Waals surface area contributed by atoms with Crippen LogP contribution in [-0.2, 0) is 14.3 Å². The van der Waals surface area contributed by atoms with Crippen molar-refractivity contribution in [3.05, 3.63) is 0 Å². The van der Waals surface area contributed by atoms with E-state index in [1.54, 1.807) is 7.11 Å². The van der Waals surface area contributed by atoms with E-state index in [1.165, 1.54) is 17.7 Å². The molecule has 0 heterocycles. The number of carbonyl (C=O) groups is 2. The standard InChI is InChI=1S/C12H19NO4/c1-17-5-4-13(7-11(14)15)12(16)10-6-9(10)8-2-3-8/h8-10H,2-7H2,1H3,(H,14,15)/t9-,10-/m0/s1. The van der Waals surface area contributed by atoms with E-state index >= 15 is 0 Å². The van der Waals surface area contributed by atoms with Crippen molar-refractivity contribution in [3.8, 4) is 0 Å². The Kier molecular flexibility index (Phi) is 3.66. The van der Waals surface area contributed by atoms with Crippen LogP contribution >= 0.6 is 0 Å². The molecule has 0 spiro atoms. The number of carboxylic acids is 1. The van der Waals surface area contributed by atoms with Gasteiger partial charge in [0.25, 0.3) is 0 Å². The third-order valence-corrected chi connectivity index (χ3v) is 3.59. The molecule has 0 unspecified atom stereocenters. The summed E-state index contributed by atoms with van der Waals surface area (Å²) >= 11 is 0. The lowest BCUT2D eigenvalue weighted by Gasteiger charge is -2.20. The number of rotatable bonds is 7. The highest BCUT2D eigenvalue weighted by molar-refractivity contribution is 5.85. The average Bonchev–Trinajstić information content (AvgIpc) is 3.14. The third-order valence-electron chi connectivity index (χ3n) is 3.59. The number of nitrogens with zero attached hydrogens (tertiary/aromatic N) is 1. The van der Waals surface area contributed by atoms with Crippen molar-refractivity contribution in [1.29, 1.82) is 0 Å². The molecule has 96 valence electrons. The van der Waals surface area contributed by atoms with Gasteiger partial charge in [0, 0.05) is 19.6 Å². The van der Waals surface area contributed by atoms with Crippen LogP contribution in [0.4, 0.5) is 0 Å². The molecule has 5 nitrogen and oxygen atoms in total. The van der Waals surface area contributed by atoms with Gasteiger partial charge >= 0.3 is 5.97 Å². The van der Waals surface area contributed by atoms with Crippen molar-refractivity contribution in [1.82, 2.24) is 4.90 Å². The summed E-state index contributed by atoms with van der Waals surface area (Å²) in [5, 5.41) is 8.79. The first-order chi connectivity index (χ1) is 8.13. The first kappa shape index (κ1) is 12.4. The van der Waals surface area contributed by atoms with Crippen molar-refractivity contribution in [3.63, 3.8) is 0 Å². The molecule has 2 aliphatic carbocycles. The zero-order chi connectivity index (χ0) is 12.4. The van der Waals surface area contributed by atoms with Crippen LogP contribution in [0, 0.1) is 17.8 Å². The minimum Gasteiger partial charge on any atom is -0.480 e. The molecule has 2 saturated carbocycles. The van der Waals surface area contributed by atoms with Crippen LogP contribution in [0.1, 0.15) is 19.3 Å². The zero-order valence-electron chi connectivity index (χ0n) is 10.1. The van der Waals surface area contributed by atoms with E-state index < -0.39 is 5.97 Å². The van der Waals surface area contributed by atoms with Gasteiger partial charge in [-0.05, 0) is 31.1 Å². The Balaban J connectivity index is 1.85. The molecule has 2 atom stereocenters. The lowest BCUT2D eigenvalue weighted by molar-refractivity contribution is -0.145. The van der Waals surface area contributed by atoms with Crippen LogP contribution in [0.2, 0.25) is 0 Å². The molecule has 0 aromatic carbocycles. The largest absolute Gasteiger partial charge is 0.480 e. The van der Waals surface area contributed by atoms with Gasteiger partial charge in [-0.2, -0.15) is 0 Å². The highest BCUT2D eigenvalue weighted by Crippen LogP contribution is 2.54. The van der Waals surface area contributed by atoms with Gasteiger partial charge < -0.3 is 14.7 Å². The fourth-order valence-electron chi connectivity index (χ4n) is 2.41. The quantitative estimate of drug-likeness (QED) is 0.708. The fourth-order valence-corrected chi connectivity index (χ4v) is 2.41. The summed E-state index contributed by atoms with van der Waals surface area (Å²) in [6.07, 6.45) is 3.43. The van der Waals surface area contributed by atoms with Gasteiger partial charge in [-0.3, -0.25) is 9.59 Å². The van der Waals surface area contributed by atoms with E-state index in [-0.39, 0.29) is 18.4 Å². The Morgan fingerprint density at radius 1 is 1.41 bits per heavy atom. The Hall–Kier alpha value is -1.10. The Morgan fingerprint density at radius 2 is 2.12 bits per heavy atom. The van der Waals surface area contributed by atoms with E-state index in [2.05, 4.69) is 0 Å². The molecule has 0 radical (unpaired) electrons. The minimum atomic E-state index is -0.960. The second kappa shape index (κ2) is 5.04. The molecular weight excluding hydrogens is 222 g/mol. The molecule has 2 rings (SSSR count). The minimum absolute atomic E-state index is 0.00125. The highest BCUT2D eigenvalue weighted by Gasteiger charge is 2.52. The number of aliphatic carboxylic acids is 1. The summed E-state index contributed by atoms with van der Waals surface area (Å²) in [7, 11) is 1.55. The maximum Gasteiger partial charge on any atom is 0.323 e. The molecule has 2 aliphatic rings. The number of hydrogen-bond donors (Lipinski definition) is 1. The number of amides is 1. The molecule has 0 aliphatic heterocycles. The smallest absolute Gasteiger partial charge is 0.323 e. The molecule has 0 aromatic heterocycles. The number of ether oxygens (including phenoxy) is 1. The van der Waals surface area contributed by atoms with Crippen molar-refractivity contribution in [2.45, 2.75) is 19.3 Å². The number of hydrogen-bond acceptors (Lipinski definition) is 3. The van der Waals surface area contributed by atoms with Crippen LogP contribution in [-0.4, -0.2) is 48.7 Å². The summed E-state index contributed by atoms with van der Waals surface area (Å²) in [4.78, 5) is 24.2. The van der Waals surface area contributed by atoms with Crippen LogP contribution in [0.5, 0.6) is 0 Å². The van der Waals surface area contributed by atoms with Gasteiger partial charge in [0.05, 0.1) is 6.61 Å². The molecule has 17 heavy (non-hydrogen) atoms. The molecule has 0 aromatic rings. The predicted octanol–water partition coefficient (Wildman–Crippen LogP) is 0.592. The average molecular weight is 241 g/mol. The molecular formula is C12H19NO4. The first-order valence-corrected chi connectivity index (χ1v) is 6.13.